The molecule has 0 saturated carbocycles. The minimum absolute atomic E-state index is 0.223. The summed E-state index contributed by atoms with van der Waals surface area (Å²) < 4.78 is 19.4. The number of anilines is 1. The van der Waals surface area contributed by atoms with Crippen molar-refractivity contribution in [2.45, 2.75) is 45.8 Å². The Morgan fingerprint density at radius 1 is 1.50 bits per heavy atom. The quantitative estimate of drug-likeness (QED) is 0.920. The van der Waals surface area contributed by atoms with E-state index in [0.29, 0.717) is 17.7 Å². The monoisotopic (exact) mass is 281 g/mol. The van der Waals surface area contributed by atoms with Crippen molar-refractivity contribution in [1.82, 2.24) is 0 Å². The summed E-state index contributed by atoms with van der Waals surface area (Å²) in [5.41, 5.74) is 2.21. The summed E-state index contributed by atoms with van der Waals surface area (Å²) >= 11 is 0. The summed E-state index contributed by atoms with van der Waals surface area (Å²) in [7, 11) is 0. The molecule has 0 aromatic heterocycles. The van der Waals surface area contributed by atoms with E-state index in [1.165, 1.54) is 6.07 Å². The molecule has 0 spiro atoms. The third-order valence-electron chi connectivity index (χ3n) is 3.88. The Kier molecular flexibility index (Phi) is 5.00. The van der Waals surface area contributed by atoms with E-state index in [-0.39, 0.29) is 11.9 Å². The van der Waals surface area contributed by atoms with Gasteiger partial charge in [-0.3, -0.25) is 0 Å². The van der Waals surface area contributed by atoms with E-state index < -0.39 is 6.10 Å². The summed E-state index contributed by atoms with van der Waals surface area (Å²) in [6.45, 7) is 7.88. The van der Waals surface area contributed by atoms with Gasteiger partial charge in [-0.25, -0.2) is 4.39 Å². The van der Waals surface area contributed by atoms with Gasteiger partial charge in [-0.1, -0.05) is 0 Å². The van der Waals surface area contributed by atoms with Crippen LogP contribution in [0.3, 0.4) is 0 Å². The molecule has 4 heteroatoms. The molecule has 3 nitrogen and oxygen atoms in total. The summed E-state index contributed by atoms with van der Waals surface area (Å²) in [5.74, 6) is -0.261. The van der Waals surface area contributed by atoms with E-state index in [2.05, 4.69) is 4.90 Å². The lowest BCUT2D eigenvalue weighted by Crippen LogP contribution is -2.40. The van der Waals surface area contributed by atoms with Gasteiger partial charge in [0.2, 0.25) is 0 Å². The lowest BCUT2D eigenvalue weighted by atomic mass is 10.0. The van der Waals surface area contributed by atoms with Crippen molar-refractivity contribution < 1.29 is 14.2 Å². The van der Waals surface area contributed by atoms with Gasteiger partial charge in [0.15, 0.2) is 0 Å². The summed E-state index contributed by atoms with van der Waals surface area (Å²) in [6.07, 6.45) is 1.67. The average molecular weight is 281 g/mol. The predicted molar refractivity (Wildman–Crippen MR) is 78.6 cm³/mol. The van der Waals surface area contributed by atoms with Crippen LogP contribution in [0.15, 0.2) is 12.1 Å². The highest BCUT2D eigenvalue weighted by molar-refractivity contribution is 5.57. The standard InChI is InChI=1S/C16H24FNO2/c1-4-20-13-6-5-7-18(10-13)16-8-11(2)15(17)9-14(16)12(3)19/h8-9,12-13,19H,4-7,10H2,1-3H3/t12-,13?/m0/s1. The molecule has 1 unspecified atom stereocenters. The molecule has 1 heterocycles. The average Bonchev–Trinajstić information content (AvgIpc) is 2.42. The highest BCUT2D eigenvalue weighted by Gasteiger charge is 2.24. The number of nitrogens with zero attached hydrogens (tertiary/aromatic N) is 1. The van der Waals surface area contributed by atoms with Crippen molar-refractivity contribution in [2.24, 2.45) is 0 Å². The van der Waals surface area contributed by atoms with E-state index in [1.807, 2.05) is 13.0 Å². The van der Waals surface area contributed by atoms with Gasteiger partial charge in [0.1, 0.15) is 5.82 Å². The number of ether oxygens (including phenoxy) is 1. The zero-order chi connectivity index (χ0) is 14.7. The SMILES string of the molecule is CCOC1CCCN(c2cc(C)c(F)cc2[C@H](C)O)C1. The van der Waals surface area contributed by atoms with Crippen LogP contribution in [-0.2, 0) is 4.74 Å². The van der Waals surface area contributed by atoms with Gasteiger partial charge >= 0.3 is 0 Å². The molecule has 1 aliphatic heterocycles. The molecule has 1 fully saturated rings. The second kappa shape index (κ2) is 6.55. The third kappa shape index (κ3) is 3.30. The maximum Gasteiger partial charge on any atom is 0.126 e. The first-order valence-electron chi connectivity index (χ1n) is 7.37. The second-order valence-electron chi connectivity index (χ2n) is 5.50. The predicted octanol–water partition coefficient (Wildman–Crippen LogP) is 3.19. The number of aliphatic hydroxyl groups is 1. The molecule has 2 rings (SSSR count). The summed E-state index contributed by atoms with van der Waals surface area (Å²) in [4.78, 5) is 2.21. The molecule has 0 aliphatic carbocycles. The van der Waals surface area contributed by atoms with Gasteiger partial charge in [-0.15, -0.1) is 0 Å². The Bertz CT molecular complexity index is 460. The number of rotatable bonds is 4. The number of benzene rings is 1. The third-order valence-corrected chi connectivity index (χ3v) is 3.88. The lowest BCUT2D eigenvalue weighted by Gasteiger charge is -2.36. The van der Waals surface area contributed by atoms with E-state index in [0.717, 1.165) is 31.6 Å². The maximum absolute atomic E-state index is 13.7. The van der Waals surface area contributed by atoms with Gasteiger partial charge < -0.3 is 14.7 Å². The summed E-state index contributed by atoms with van der Waals surface area (Å²) in [6, 6.07) is 3.30. The molecule has 0 bridgehead atoms. The first-order valence-corrected chi connectivity index (χ1v) is 7.37. The normalized spacial score (nSPS) is 21.1. The highest BCUT2D eigenvalue weighted by atomic mass is 19.1. The molecule has 0 radical (unpaired) electrons. The number of aryl methyl sites for hydroxylation is 1. The molecule has 0 amide bonds. The van der Waals surface area contributed by atoms with E-state index in [9.17, 15) is 9.50 Å². The van der Waals surface area contributed by atoms with Gasteiger partial charge in [-0.2, -0.15) is 0 Å². The summed E-state index contributed by atoms with van der Waals surface area (Å²) in [5, 5.41) is 9.90. The fourth-order valence-corrected chi connectivity index (χ4v) is 2.82. The molecule has 1 saturated heterocycles. The number of hydrogen-bond acceptors (Lipinski definition) is 3. The van der Waals surface area contributed by atoms with Crippen LogP contribution in [0.2, 0.25) is 0 Å². The Balaban J connectivity index is 2.28. The van der Waals surface area contributed by atoms with Crippen molar-refractivity contribution in [3.63, 3.8) is 0 Å². The fraction of sp³-hybridized carbons (Fsp3) is 0.625. The van der Waals surface area contributed by atoms with Crippen molar-refractivity contribution in [2.75, 3.05) is 24.6 Å². The van der Waals surface area contributed by atoms with Crippen LogP contribution in [0, 0.1) is 12.7 Å². The first kappa shape index (κ1) is 15.3. The van der Waals surface area contributed by atoms with Crippen molar-refractivity contribution in [3.05, 3.63) is 29.1 Å². The van der Waals surface area contributed by atoms with Crippen LogP contribution in [0.4, 0.5) is 10.1 Å². The number of hydrogen-bond donors (Lipinski definition) is 1. The van der Waals surface area contributed by atoms with E-state index in [4.69, 9.17) is 4.74 Å². The smallest absolute Gasteiger partial charge is 0.126 e. The molecule has 1 aliphatic rings. The van der Waals surface area contributed by atoms with Crippen molar-refractivity contribution >= 4 is 5.69 Å². The van der Waals surface area contributed by atoms with Crippen LogP contribution in [0.25, 0.3) is 0 Å². The molecule has 112 valence electrons. The van der Waals surface area contributed by atoms with Crippen LogP contribution in [0.1, 0.15) is 43.9 Å². The van der Waals surface area contributed by atoms with Crippen LogP contribution < -0.4 is 4.90 Å². The lowest BCUT2D eigenvalue weighted by molar-refractivity contribution is 0.0525. The molecule has 1 aromatic rings. The second-order valence-corrected chi connectivity index (χ2v) is 5.50. The molecule has 1 N–H and O–H groups in total. The zero-order valence-electron chi connectivity index (χ0n) is 12.5. The maximum atomic E-state index is 13.7. The van der Waals surface area contributed by atoms with Gasteiger partial charge in [0, 0.05) is 30.9 Å². The van der Waals surface area contributed by atoms with Crippen molar-refractivity contribution in [3.8, 4) is 0 Å². The zero-order valence-corrected chi connectivity index (χ0v) is 12.5. The largest absolute Gasteiger partial charge is 0.389 e. The molecular formula is C16H24FNO2. The Labute approximate surface area is 120 Å². The highest BCUT2D eigenvalue weighted by Crippen LogP contribution is 2.31. The molecular weight excluding hydrogens is 257 g/mol. The first-order chi connectivity index (χ1) is 9.52. The van der Waals surface area contributed by atoms with E-state index in [1.54, 1.807) is 13.8 Å². The van der Waals surface area contributed by atoms with Gasteiger partial charge in [0.25, 0.3) is 0 Å². The van der Waals surface area contributed by atoms with E-state index >= 15 is 0 Å². The van der Waals surface area contributed by atoms with Gasteiger partial charge in [0.05, 0.1) is 12.2 Å². The molecule has 2 atom stereocenters. The number of aliphatic hydroxyl groups excluding tert-OH is 1. The number of piperidine rings is 1. The molecule has 20 heavy (non-hydrogen) atoms. The fourth-order valence-electron chi connectivity index (χ4n) is 2.82. The molecule has 1 aromatic carbocycles. The Morgan fingerprint density at radius 3 is 2.90 bits per heavy atom. The van der Waals surface area contributed by atoms with Crippen LogP contribution in [0.5, 0.6) is 0 Å². The number of halogens is 1. The van der Waals surface area contributed by atoms with Gasteiger partial charge in [-0.05, 0) is 51.3 Å². The topological polar surface area (TPSA) is 32.7 Å². The Morgan fingerprint density at radius 2 is 2.25 bits per heavy atom. The minimum Gasteiger partial charge on any atom is -0.389 e. The minimum atomic E-state index is -0.674. The van der Waals surface area contributed by atoms with Crippen molar-refractivity contribution in [1.29, 1.82) is 0 Å². The van der Waals surface area contributed by atoms with Crippen LogP contribution in [-0.4, -0.2) is 30.9 Å². The van der Waals surface area contributed by atoms with Crippen LogP contribution >= 0.6 is 0 Å². The Hall–Kier alpha value is -1.13.